The monoisotopic (exact) mass is 938 g/mol. The van der Waals surface area contributed by atoms with Crippen LogP contribution in [0.25, 0.3) is 0 Å². The first-order valence-electron chi connectivity index (χ1n) is 20.8. The summed E-state index contributed by atoms with van der Waals surface area (Å²) in [5.74, 6) is -9.23. The van der Waals surface area contributed by atoms with Gasteiger partial charge < -0.3 is 60.7 Å². The van der Waals surface area contributed by atoms with Crippen molar-refractivity contribution < 1.29 is 87.4 Å². The zero-order valence-electron chi connectivity index (χ0n) is 37.1. The number of hydrogen-bond acceptors (Lipinski definition) is 19. The number of thiol groups is 1. The van der Waals surface area contributed by atoms with Crippen molar-refractivity contribution in [1.82, 2.24) is 31.7 Å². The summed E-state index contributed by atoms with van der Waals surface area (Å²) >= 11 is 3.79. The summed E-state index contributed by atoms with van der Waals surface area (Å²) in [6.45, 7) is 4.30. The Bertz CT molecular complexity index is 1470. The molecule has 0 fully saturated rings. The van der Waals surface area contributed by atoms with E-state index < -0.39 is 96.5 Å². The van der Waals surface area contributed by atoms with Crippen LogP contribution in [-0.4, -0.2) is 142 Å². The van der Waals surface area contributed by atoms with Crippen LogP contribution in [-0.2, 0) is 72.1 Å². The molecule has 366 valence electrons. The fraction of sp³-hybridized carbons (Fsp3) is 0.718. The lowest BCUT2D eigenvalue weighted by Gasteiger charge is -2.24. The first-order chi connectivity index (χ1) is 30.2. The molecule has 0 bridgehead atoms. The first kappa shape index (κ1) is 60.7. The van der Waals surface area contributed by atoms with Crippen molar-refractivity contribution >= 4 is 78.4 Å². The maximum atomic E-state index is 13.1. The van der Waals surface area contributed by atoms with Crippen molar-refractivity contribution in [2.75, 3.05) is 25.9 Å². The summed E-state index contributed by atoms with van der Waals surface area (Å²) in [7, 11) is 1.59. The first-order valence-corrected chi connectivity index (χ1v) is 21.4. The van der Waals surface area contributed by atoms with Crippen LogP contribution in [0.2, 0.25) is 0 Å². The molecule has 0 aliphatic rings. The normalized spacial score (nSPS) is 12.5. The highest BCUT2D eigenvalue weighted by Gasteiger charge is 2.34. The Morgan fingerprint density at radius 2 is 0.953 bits per heavy atom. The number of hydrogen-bond donors (Lipinski definition) is 8. The molecule has 25 heteroatoms. The minimum atomic E-state index is -1.74. The fourth-order valence-electron chi connectivity index (χ4n) is 5.34. The van der Waals surface area contributed by atoms with Gasteiger partial charge in [-0.1, -0.05) is 38.5 Å². The van der Waals surface area contributed by atoms with E-state index in [-0.39, 0.29) is 36.3 Å². The van der Waals surface area contributed by atoms with Gasteiger partial charge in [-0.15, -0.1) is 0 Å². The van der Waals surface area contributed by atoms with Crippen molar-refractivity contribution in [2.24, 2.45) is 0 Å². The Balaban J connectivity index is 0. The number of carboxylic acids is 3. The number of aliphatic carboxylic acids is 3. The van der Waals surface area contributed by atoms with Gasteiger partial charge in [0.15, 0.2) is 12.1 Å². The molecule has 24 nitrogen and oxygen atoms in total. The highest BCUT2D eigenvalue weighted by molar-refractivity contribution is 7.80. The minimum absolute atomic E-state index is 0.107. The molecular weight excluding hydrogens is 873 g/mol. The molecule has 0 aliphatic heterocycles. The highest BCUT2D eigenvalue weighted by atomic mass is 32.1. The lowest BCUT2D eigenvalue weighted by Crippen LogP contribution is -2.48. The lowest BCUT2D eigenvalue weighted by atomic mass is 10.1. The van der Waals surface area contributed by atoms with E-state index in [0.29, 0.717) is 38.0 Å². The molecule has 0 saturated carbocycles. The molecule has 0 saturated heterocycles. The van der Waals surface area contributed by atoms with E-state index in [1.165, 1.54) is 0 Å². The summed E-state index contributed by atoms with van der Waals surface area (Å²) in [5, 5.41) is 38.4. The van der Waals surface area contributed by atoms with Gasteiger partial charge in [-0.2, -0.15) is 12.6 Å². The molecule has 4 atom stereocenters. The predicted molar refractivity (Wildman–Crippen MR) is 226 cm³/mol. The molecule has 0 aromatic carbocycles. The smallest absolute Gasteiger partial charge is 0.328 e. The number of amides is 3. The van der Waals surface area contributed by atoms with E-state index in [9.17, 15) is 63.0 Å². The highest BCUT2D eigenvalue weighted by Crippen LogP contribution is 2.14. The molecule has 0 spiro atoms. The van der Waals surface area contributed by atoms with Crippen LogP contribution >= 0.6 is 12.6 Å². The number of nitrogens with one attached hydrogen (secondary N) is 4. The van der Waals surface area contributed by atoms with Gasteiger partial charge >= 0.3 is 41.8 Å². The minimum Gasteiger partial charge on any atom is -0.480 e. The number of unbranched alkanes of at least 4 members (excludes halogenated alkanes) is 9. The predicted octanol–water partition coefficient (Wildman–Crippen LogP) is 1.16. The summed E-state index contributed by atoms with van der Waals surface area (Å²) in [5.41, 5.74) is 0. The van der Waals surface area contributed by atoms with Crippen LogP contribution < -0.4 is 21.3 Å². The van der Waals surface area contributed by atoms with Gasteiger partial charge in [0, 0.05) is 76.3 Å². The molecule has 64 heavy (non-hydrogen) atoms. The van der Waals surface area contributed by atoms with Gasteiger partial charge in [0.1, 0.15) is 18.4 Å². The SMILES string of the molecule is CC(=O)ON(OC(C)=O)C(CCC(=O)NCCCCC(NC(=O)CCC(C(=O)O)N(OC(C)=O)OC(C)=O)C(=O)NCCCCCCCCCCC=O)C(=O)O.CNC(CS)C(=O)O. The molecule has 0 aromatic heterocycles. The molecule has 0 aliphatic carbocycles. The van der Waals surface area contributed by atoms with Gasteiger partial charge in [0.05, 0.1) is 0 Å². The van der Waals surface area contributed by atoms with Gasteiger partial charge in [0.25, 0.3) is 0 Å². The zero-order valence-corrected chi connectivity index (χ0v) is 38.0. The number of rotatable bonds is 35. The van der Waals surface area contributed by atoms with Crippen LogP contribution in [0, 0.1) is 0 Å². The van der Waals surface area contributed by atoms with E-state index in [1.54, 1.807) is 7.05 Å². The Labute approximate surface area is 377 Å². The van der Waals surface area contributed by atoms with Crippen LogP contribution in [0.4, 0.5) is 0 Å². The van der Waals surface area contributed by atoms with Crippen molar-refractivity contribution in [2.45, 2.75) is 155 Å². The molecule has 4 unspecified atom stereocenters. The van der Waals surface area contributed by atoms with Gasteiger partial charge in [-0.05, 0) is 52.0 Å². The molecule has 0 radical (unpaired) electrons. The van der Waals surface area contributed by atoms with Crippen LogP contribution in [0.1, 0.15) is 130 Å². The molecule has 0 aromatic rings. The second-order valence-electron chi connectivity index (χ2n) is 14.1. The van der Waals surface area contributed by atoms with Gasteiger partial charge in [-0.25, -0.2) is 0 Å². The van der Waals surface area contributed by atoms with E-state index in [0.717, 1.165) is 78.9 Å². The van der Waals surface area contributed by atoms with Crippen molar-refractivity contribution in [3.8, 4) is 0 Å². The number of carboxylic acid groups (broad SMARTS) is 3. The van der Waals surface area contributed by atoms with E-state index in [2.05, 4.69) is 53.2 Å². The van der Waals surface area contributed by atoms with Crippen LogP contribution in [0.5, 0.6) is 0 Å². The van der Waals surface area contributed by atoms with Gasteiger partial charge in [-0.3, -0.25) is 47.9 Å². The summed E-state index contributed by atoms with van der Waals surface area (Å²) in [6.07, 6.45) is 8.12. The third-order valence-electron chi connectivity index (χ3n) is 8.51. The van der Waals surface area contributed by atoms with E-state index in [4.69, 9.17) is 5.11 Å². The number of carbonyl (C=O) groups is 11. The third kappa shape index (κ3) is 32.3. The largest absolute Gasteiger partial charge is 0.480 e. The molecule has 7 N–H and O–H groups in total. The van der Waals surface area contributed by atoms with E-state index in [1.807, 2.05) is 0 Å². The lowest BCUT2D eigenvalue weighted by molar-refractivity contribution is -0.340. The zero-order chi connectivity index (χ0) is 49.0. The van der Waals surface area contributed by atoms with Crippen molar-refractivity contribution in [3.05, 3.63) is 0 Å². The molecular formula is C39H66N6O18S. The van der Waals surface area contributed by atoms with Crippen LogP contribution in [0.15, 0.2) is 0 Å². The Morgan fingerprint density at radius 3 is 1.33 bits per heavy atom. The van der Waals surface area contributed by atoms with Crippen LogP contribution in [0.3, 0.4) is 0 Å². The summed E-state index contributed by atoms with van der Waals surface area (Å²) in [6, 6.07) is -4.97. The third-order valence-corrected chi connectivity index (χ3v) is 8.88. The Kier molecular flexibility index (Phi) is 35.1. The second-order valence-corrected chi connectivity index (χ2v) is 14.5. The topological polar surface area (TPSA) is 340 Å². The maximum Gasteiger partial charge on any atom is 0.328 e. The second kappa shape index (κ2) is 37.0. The quantitative estimate of drug-likeness (QED) is 0.0191. The molecule has 0 rings (SSSR count). The van der Waals surface area contributed by atoms with Crippen molar-refractivity contribution in [3.63, 3.8) is 0 Å². The number of aldehydes is 1. The average molecular weight is 939 g/mol. The summed E-state index contributed by atoms with van der Waals surface area (Å²) in [4.78, 5) is 147. The number of hydroxylamine groups is 4. The van der Waals surface area contributed by atoms with Crippen molar-refractivity contribution in [1.29, 1.82) is 0 Å². The number of nitrogens with zero attached hydrogens (tertiary/aromatic N) is 2. The fourth-order valence-corrected chi connectivity index (χ4v) is 5.68. The number of likely N-dealkylation sites (N-methyl/N-ethyl adjacent to an activating group) is 1. The average Bonchev–Trinajstić information content (AvgIpc) is 3.18. The van der Waals surface area contributed by atoms with Gasteiger partial charge in [0.2, 0.25) is 17.7 Å². The maximum absolute atomic E-state index is 13.1. The van der Waals surface area contributed by atoms with E-state index >= 15 is 0 Å². The Hall–Kier alpha value is -5.40. The Morgan fingerprint density at radius 1 is 0.547 bits per heavy atom. The standard InChI is InChI=1S/C35H57N5O16.C4H9NO2S/c1-24(42)53-39(54-25(2)43)29(34(49)50)17-19-31(46)36-21-14-12-16-28(33(48)37-22-13-10-8-6-5-7-9-11-15-23-41)38-32(47)20-18-30(35(51)52)40(55-26(3)44)56-27(4)45;1-5-3(2-8)4(6)7/h23,28-30H,5-22H2,1-4H3,(H,36,46)(H,37,48)(H,38,47)(H,49,50)(H,51,52);3,5,8H,2H2,1H3,(H,6,7). The molecule has 3 amide bonds. The summed E-state index contributed by atoms with van der Waals surface area (Å²) < 4.78 is 0. The molecule has 0 heterocycles. The number of carbonyl (C=O) groups excluding carboxylic acids is 8.